The molecule has 2 heterocycles. The van der Waals surface area contributed by atoms with Crippen LogP contribution >= 0.6 is 0 Å². The molecule has 0 saturated carbocycles. The van der Waals surface area contributed by atoms with Crippen molar-refractivity contribution in [2.45, 2.75) is 19.4 Å². The molecule has 1 atom stereocenters. The molecule has 6 heteroatoms. The van der Waals surface area contributed by atoms with E-state index in [1.54, 1.807) is 12.7 Å². The van der Waals surface area contributed by atoms with Crippen LogP contribution in [-0.2, 0) is 11.3 Å². The normalized spacial score (nSPS) is 22.1. The highest BCUT2D eigenvalue weighted by molar-refractivity contribution is 5.76. The predicted octanol–water partition coefficient (Wildman–Crippen LogP) is -0.525. The van der Waals surface area contributed by atoms with Gasteiger partial charge in [0.15, 0.2) is 0 Å². The Hall–Kier alpha value is -1.43. The molecule has 1 aromatic rings. The molecule has 16 heavy (non-hydrogen) atoms. The molecular formula is C10H17N5O. The summed E-state index contributed by atoms with van der Waals surface area (Å²) in [6.07, 6.45) is 5.39. The van der Waals surface area contributed by atoms with Gasteiger partial charge in [0.05, 0.1) is 5.92 Å². The summed E-state index contributed by atoms with van der Waals surface area (Å²) in [6, 6.07) is 0. The third-order valence-corrected chi connectivity index (χ3v) is 3.05. The number of aromatic nitrogens is 3. The lowest BCUT2D eigenvalue weighted by atomic mass is 9.97. The van der Waals surface area contributed by atoms with Gasteiger partial charge >= 0.3 is 0 Å². The van der Waals surface area contributed by atoms with Crippen molar-refractivity contribution in [2.75, 3.05) is 19.6 Å². The number of nitrogens with two attached hydrogens (primary N) is 1. The van der Waals surface area contributed by atoms with E-state index in [4.69, 9.17) is 5.73 Å². The van der Waals surface area contributed by atoms with Gasteiger partial charge in [-0.3, -0.25) is 4.79 Å². The number of hydrogen-bond donors (Lipinski definition) is 1. The van der Waals surface area contributed by atoms with Gasteiger partial charge in [-0.15, -0.1) is 10.2 Å². The first-order chi connectivity index (χ1) is 7.75. The smallest absolute Gasteiger partial charge is 0.221 e. The van der Waals surface area contributed by atoms with Gasteiger partial charge in [0.2, 0.25) is 5.91 Å². The summed E-state index contributed by atoms with van der Waals surface area (Å²) < 4.78 is 1.94. The second-order valence-electron chi connectivity index (χ2n) is 4.24. The molecule has 88 valence electrons. The minimum atomic E-state index is -0.172. The Balaban J connectivity index is 1.79. The molecule has 6 nitrogen and oxygen atoms in total. The number of carbonyl (C=O) groups excluding carboxylic acids is 1. The lowest BCUT2D eigenvalue weighted by Gasteiger charge is -2.30. The zero-order chi connectivity index (χ0) is 11.4. The van der Waals surface area contributed by atoms with Gasteiger partial charge in [0.1, 0.15) is 12.7 Å². The van der Waals surface area contributed by atoms with Crippen molar-refractivity contribution in [1.29, 1.82) is 0 Å². The van der Waals surface area contributed by atoms with Crippen LogP contribution in [0, 0.1) is 5.92 Å². The van der Waals surface area contributed by atoms with E-state index in [9.17, 15) is 4.79 Å². The van der Waals surface area contributed by atoms with E-state index in [-0.39, 0.29) is 11.8 Å². The highest BCUT2D eigenvalue weighted by Gasteiger charge is 2.23. The maximum absolute atomic E-state index is 11.1. The predicted molar refractivity (Wildman–Crippen MR) is 58.4 cm³/mol. The molecule has 1 aliphatic rings. The third-order valence-electron chi connectivity index (χ3n) is 3.05. The van der Waals surface area contributed by atoms with E-state index in [1.807, 2.05) is 4.57 Å². The molecule has 0 unspecified atom stereocenters. The molecule has 0 bridgehead atoms. The number of primary amides is 1. The van der Waals surface area contributed by atoms with Crippen LogP contribution < -0.4 is 5.73 Å². The second-order valence-corrected chi connectivity index (χ2v) is 4.24. The van der Waals surface area contributed by atoms with E-state index < -0.39 is 0 Å². The first-order valence-corrected chi connectivity index (χ1v) is 5.60. The zero-order valence-corrected chi connectivity index (χ0v) is 9.25. The molecule has 0 radical (unpaired) electrons. The fourth-order valence-corrected chi connectivity index (χ4v) is 2.09. The van der Waals surface area contributed by atoms with Crippen molar-refractivity contribution in [1.82, 2.24) is 19.7 Å². The maximum atomic E-state index is 11.1. The van der Waals surface area contributed by atoms with E-state index in [1.165, 1.54) is 0 Å². The van der Waals surface area contributed by atoms with Crippen LogP contribution in [0.1, 0.15) is 12.8 Å². The Morgan fingerprint density at radius 2 is 2.12 bits per heavy atom. The first kappa shape index (κ1) is 11.1. The van der Waals surface area contributed by atoms with Gasteiger partial charge in [-0.25, -0.2) is 0 Å². The van der Waals surface area contributed by atoms with Crippen LogP contribution in [0.4, 0.5) is 0 Å². The minimum absolute atomic E-state index is 0.0228. The minimum Gasteiger partial charge on any atom is -0.369 e. The standard InChI is InChI=1S/C10H17N5O/c11-10(16)9-2-1-3-14(6-9)4-5-15-7-12-13-8-15/h7-9H,1-6H2,(H2,11,16)/t9-/m1/s1. The monoisotopic (exact) mass is 223 g/mol. The molecule has 1 fully saturated rings. The topological polar surface area (TPSA) is 77.0 Å². The number of rotatable bonds is 4. The summed E-state index contributed by atoms with van der Waals surface area (Å²) >= 11 is 0. The highest BCUT2D eigenvalue weighted by atomic mass is 16.1. The van der Waals surface area contributed by atoms with Crippen LogP contribution in [0.5, 0.6) is 0 Å². The van der Waals surface area contributed by atoms with Gasteiger partial charge in [-0.2, -0.15) is 0 Å². The molecule has 1 amide bonds. The number of likely N-dealkylation sites (tertiary alicyclic amines) is 1. The SMILES string of the molecule is NC(=O)[C@@H]1CCCN(CCn2cnnc2)C1. The number of nitrogens with zero attached hydrogens (tertiary/aromatic N) is 4. The van der Waals surface area contributed by atoms with Crippen LogP contribution in [0.2, 0.25) is 0 Å². The van der Waals surface area contributed by atoms with E-state index in [2.05, 4.69) is 15.1 Å². The number of carbonyl (C=O) groups is 1. The third kappa shape index (κ3) is 2.79. The van der Waals surface area contributed by atoms with Gasteiger partial charge in [0, 0.05) is 19.6 Å². The van der Waals surface area contributed by atoms with Crippen molar-refractivity contribution in [2.24, 2.45) is 11.7 Å². The van der Waals surface area contributed by atoms with E-state index >= 15 is 0 Å². The van der Waals surface area contributed by atoms with Gasteiger partial charge < -0.3 is 15.2 Å². The molecule has 1 saturated heterocycles. The Morgan fingerprint density at radius 3 is 2.81 bits per heavy atom. The van der Waals surface area contributed by atoms with Crippen LogP contribution in [0.15, 0.2) is 12.7 Å². The number of hydrogen-bond acceptors (Lipinski definition) is 4. The van der Waals surface area contributed by atoms with Crippen LogP contribution in [0.25, 0.3) is 0 Å². The summed E-state index contributed by atoms with van der Waals surface area (Å²) in [5.41, 5.74) is 5.33. The summed E-state index contributed by atoms with van der Waals surface area (Å²) in [7, 11) is 0. The fraction of sp³-hybridized carbons (Fsp3) is 0.700. The van der Waals surface area contributed by atoms with Crippen molar-refractivity contribution in [3.05, 3.63) is 12.7 Å². The van der Waals surface area contributed by atoms with E-state index in [0.717, 1.165) is 39.0 Å². The molecular weight excluding hydrogens is 206 g/mol. The lowest BCUT2D eigenvalue weighted by Crippen LogP contribution is -2.42. The number of amides is 1. The quantitative estimate of drug-likeness (QED) is 0.744. The summed E-state index contributed by atoms with van der Waals surface area (Å²) in [5, 5.41) is 7.50. The average Bonchev–Trinajstić information content (AvgIpc) is 2.79. The first-order valence-electron chi connectivity index (χ1n) is 5.60. The summed E-state index contributed by atoms with van der Waals surface area (Å²) in [5.74, 6) is -0.149. The molecule has 0 aliphatic carbocycles. The second kappa shape index (κ2) is 5.07. The largest absolute Gasteiger partial charge is 0.369 e. The van der Waals surface area contributed by atoms with Gasteiger partial charge in [0.25, 0.3) is 0 Å². The Kier molecular flexibility index (Phi) is 3.51. The highest BCUT2D eigenvalue weighted by Crippen LogP contribution is 2.15. The van der Waals surface area contributed by atoms with Crippen molar-refractivity contribution >= 4 is 5.91 Å². The fourth-order valence-electron chi connectivity index (χ4n) is 2.09. The zero-order valence-electron chi connectivity index (χ0n) is 9.25. The van der Waals surface area contributed by atoms with Crippen LogP contribution in [-0.4, -0.2) is 45.2 Å². The Labute approximate surface area is 94.4 Å². The molecule has 2 rings (SSSR count). The van der Waals surface area contributed by atoms with E-state index in [0.29, 0.717) is 0 Å². The van der Waals surface area contributed by atoms with Gasteiger partial charge in [-0.1, -0.05) is 0 Å². The summed E-state index contributed by atoms with van der Waals surface area (Å²) in [4.78, 5) is 13.4. The van der Waals surface area contributed by atoms with Crippen LogP contribution in [0.3, 0.4) is 0 Å². The average molecular weight is 223 g/mol. The van der Waals surface area contributed by atoms with Crippen molar-refractivity contribution in [3.63, 3.8) is 0 Å². The Bertz CT molecular complexity index is 337. The maximum Gasteiger partial charge on any atom is 0.221 e. The Morgan fingerprint density at radius 1 is 1.38 bits per heavy atom. The molecule has 2 N–H and O–H groups in total. The molecule has 1 aliphatic heterocycles. The molecule has 1 aromatic heterocycles. The molecule has 0 spiro atoms. The van der Waals surface area contributed by atoms with Crippen molar-refractivity contribution < 1.29 is 4.79 Å². The van der Waals surface area contributed by atoms with Gasteiger partial charge in [-0.05, 0) is 19.4 Å². The van der Waals surface area contributed by atoms with Crippen molar-refractivity contribution in [3.8, 4) is 0 Å². The lowest BCUT2D eigenvalue weighted by molar-refractivity contribution is -0.123. The molecule has 0 aromatic carbocycles. The number of piperidine rings is 1. The summed E-state index contributed by atoms with van der Waals surface area (Å²) in [6.45, 7) is 3.61.